The molecule has 1 N–H and O–H groups in total. The predicted molar refractivity (Wildman–Crippen MR) is 87.4 cm³/mol. The minimum Gasteiger partial charge on any atom is -0.325 e. The first-order chi connectivity index (χ1) is 11.1. The van der Waals surface area contributed by atoms with E-state index in [0.29, 0.717) is 12.1 Å². The number of benzene rings is 1. The average molecular weight is 311 g/mol. The zero-order chi connectivity index (χ0) is 16.2. The van der Waals surface area contributed by atoms with E-state index in [-0.39, 0.29) is 23.9 Å². The third-order valence-electron chi connectivity index (χ3n) is 3.75. The SMILES string of the molecule is O=C(Cn1ccccc1=O)Nc1ccc(N2CCCC2=O)cc1. The molecule has 2 aromatic rings. The molecule has 6 nitrogen and oxygen atoms in total. The van der Waals surface area contributed by atoms with Gasteiger partial charge in [0.2, 0.25) is 11.8 Å². The van der Waals surface area contributed by atoms with Gasteiger partial charge < -0.3 is 14.8 Å². The summed E-state index contributed by atoms with van der Waals surface area (Å²) in [6, 6.07) is 11.9. The van der Waals surface area contributed by atoms with Gasteiger partial charge >= 0.3 is 0 Å². The molecule has 0 saturated carbocycles. The van der Waals surface area contributed by atoms with Crippen LogP contribution in [0.3, 0.4) is 0 Å². The van der Waals surface area contributed by atoms with Crippen molar-refractivity contribution in [3.05, 3.63) is 59.0 Å². The summed E-state index contributed by atoms with van der Waals surface area (Å²) in [4.78, 5) is 37.0. The zero-order valence-corrected chi connectivity index (χ0v) is 12.6. The maximum absolute atomic E-state index is 12.0. The number of carbonyl (C=O) groups excluding carboxylic acids is 2. The van der Waals surface area contributed by atoms with Crippen molar-refractivity contribution >= 4 is 23.2 Å². The Kier molecular flexibility index (Phi) is 4.23. The fourth-order valence-corrected chi connectivity index (χ4v) is 2.59. The van der Waals surface area contributed by atoms with Crippen LogP contribution in [0.2, 0.25) is 0 Å². The molecule has 0 unspecified atom stereocenters. The molecule has 1 aromatic carbocycles. The molecule has 0 radical (unpaired) electrons. The summed E-state index contributed by atoms with van der Waals surface area (Å²) in [5.74, 6) is -0.145. The van der Waals surface area contributed by atoms with Crippen LogP contribution in [0.15, 0.2) is 53.5 Å². The molecular formula is C17H17N3O3. The van der Waals surface area contributed by atoms with E-state index in [1.54, 1.807) is 35.4 Å². The minimum atomic E-state index is -0.275. The first-order valence-corrected chi connectivity index (χ1v) is 7.49. The van der Waals surface area contributed by atoms with E-state index in [2.05, 4.69) is 5.32 Å². The second-order valence-corrected chi connectivity index (χ2v) is 5.41. The Morgan fingerprint density at radius 3 is 2.52 bits per heavy atom. The Hall–Kier alpha value is -2.89. The van der Waals surface area contributed by atoms with E-state index in [1.807, 2.05) is 12.1 Å². The van der Waals surface area contributed by atoms with Crippen molar-refractivity contribution in [1.82, 2.24) is 4.57 Å². The Morgan fingerprint density at radius 2 is 1.87 bits per heavy atom. The summed E-state index contributed by atoms with van der Waals surface area (Å²) in [6.45, 7) is 0.702. The van der Waals surface area contributed by atoms with E-state index in [0.717, 1.165) is 18.7 Å². The maximum atomic E-state index is 12.0. The van der Waals surface area contributed by atoms with Gasteiger partial charge in [0.15, 0.2) is 0 Å². The Labute approximate surface area is 133 Å². The standard InChI is InChI=1S/C17H17N3O3/c21-15(12-19-10-2-1-4-16(19)22)18-13-6-8-14(9-7-13)20-11-3-5-17(20)23/h1-2,4,6-10H,3,5,11-12H2,(H,18,21). The fourth-order valence-electron chi connectivity index (χ4n) is 2.59. The second-order valence-electron chi connectivity index (χ2n) is 5.41. The van der Waals surface area contributed by atoms with Crippen molar-refractivity contribution in [2.24, 2.45) is 0 Å². The lowest BCUT2D eigenvalue weighted by molar-refractivity contribution is -0.117. The van der Waals surface area contributed by atoms with Gasteiger partial charge in [0.1, 0.15) is 6.54 Å². The molecule has 1 fully saturated rings. The van der Waals surface area contributed by atoms with Gasteiger partial charge in [-0.3, -0.25) is 14.4 Å². The highest BCUT2D eigenvalue weighted by molar-refractivity contribution is 5.96. The summed E-state index contributed by atoms with van der Waals surface area (Å²) in [5, 5.41) is 2.74. The number of pyridine rings is 1. The normalized spacial score (nSPS) is 14.1. The third-order valence-corrected chi connectivity index (χ3v) is 3.75. The maximum Gasteiger partial charge on any atom is 0.250 e. The number of hydrogen-bond acceptors (Lipinski definition) is 3. The molecule has 118 valence electrons. The monoisotopic (exact) mass is 311 g/mol. The Morgan fingerprint density at radius 1 is 1.09 bits per heavy atom. The first kappa shape index (κ1) is 15.0. The van der Waals surface area contributed by atoms with Crippen molar-refractivity contribution in [3.63, 3.8) is 0 Å². The van der Waals surface area contributed by atoms with Crippen LogP contribution in [-0.4, -0.2) is 22.9 Å². The highest BCUT2D eigenvalue weighted by Crippen LogP contribution is 2.22. The van der Waals surface area contributed by atoms with Crippen molar-refractivity contribution in [1.29, 1.82) is 0 Å². The van der Waals surface area contributed by atoms with Gasteiger partial charge in [-0.05, 0) is 36.8 Å². The molecule has 3 rings (SSSR count). The highest BCUT2D eigenvalue weighted by Gasteiger charge is 2.21. The van der Waals surface area contributed by atoms with Crippen LogP contribution in [0.4, 0.5) is 11.4 Å². The lowest BCUT2D eigenvalue weighted by Gasteiger charge is -2.16. The van der Waals surface area contributed by atoms with E-state index in [1.165, 1.54) is 10.6 Å². The number of anilines is 2. The van der Waals surface area contributed by atoms with E-state index in [9.17, 15) is 14.4 Å². The molecule has 1 aliphatic rings. The molecule has 2 heterocycles. The third kappa shape index (κ3) is 3.48. The Balaban J connectivity index is 1.64. The predicted octanol–water partition coefficient (Wildman–Crippen LogP) is 1.61. The molecule has 1 saturated heterocycles. The number of carbonyl (C=O) groups is 2. The van der Waals surface area contributed by atoms with Crippen molar-refractivity contribution in [3.8, 4) is 0 Å². The topological polar surface area (TPSA) is 71.4 Å². The van der Waals surface area contributed by atoms with Crippen LogP contribution in [0.1, 0.15) is 12.8 Å². The van der Waals surface area contributed by atoms with Crippen LogP contribution in [-0.2, 0) is 16.1 Å². The summed E-state index contributed by atoms with van der Waals surface area (Å²) in [5.41, 5.74) is 1.25. The first-order valence-electron chi connectivity index (χ1n) is 7.49. The number of rotatable bonds is 4. The summed E-state index contributed by atoms with van der Waals surface area (Å²) in [7, 11) is 0. The quantitative estimate of drug-likeness (QED) is 0.932. The number of aromatic nitrogens is 1. The van der Waals surface area contributed by atoms with Crippen LogP contribution in [0.5, 0.6) is 0 Å². The molecule has 0 atom stereocenters. The fraction of sp³-hybridized carbons (Fsp3) is 0.235. The van der Waals surface area contributed by atoms with Gasteiger partial charge in [0.25, 0.3) is 5.56 Å². The highest BCUT2D eigenvalue weighted by atomic mass is 16.2. The van der Waals surface area contributed by atoms with Crippen LogP contribution in [0, 0.1) is 0 Å². The van der Waals surface area contributed by atoms with Crippen molar-refractivity contribution in [2.45, 2.75) is 19.4 Å². The molecule has 23 heavy (non-hydrogen) atoms. The number of amides is 2. The Bertz CT molecular complexity index is 780. The molecule has 6 heteroatoms. The van der Waals surface area contributed by atoms with Gasteiger partial charge in [0.05, 0.1) is 0 Å². The van der Waals surface area contributed by atoms with E-state index in [4.69, 9.17) is 0 Å². The van der Waals surface area contributed by atoms with E-state index >= 15 is 0 Å². The van der Waals surface area contributed by atoms with Crippen LogP contribution >= 0.6 is 0 Å². The van der Waals surface area contributed by atoms with Crippen molar-refractivity contribution < 1.29 is 9.59 Å². The molecule has 2 amide bonds. The lowest BCUT2D eigenvalue weighted by atomic mass is 10.2. The van der Waals surface area contributed by atoms with Crippen LogP contribution in [0.25, 0.3) is 0 Å². The second kappa shape index (κ2) is 6.48. The molecule has 0 spiro atoms. The minimum absolute atomic E-state index is 0.0357. The van der Waals surface area contributed by atoms with E-state index < -0.39 is 0 Å². The van der Waals surface area contributed by atoms with Gasteiger partial charge in [-0.1, -0.05) is 6.07 Å². The number of nitrogens with one attached hydrogen (secondary N) is 1. The molecule has 0 aliphatic carbocycles. The zero-order valence-electron chi connectivity index (χ0n) is 12.6. The summed E-state index contributed by atoms with van der Waals surface area (Å²) < 4.78 is 1.34. The molecular weight excluding hydrogens is 294 g/mol. The van der Waals surface area contributed by atoms with Gasteiger partial charge in [-0.25, -0.2) is 0 Å². The molecule has 1 aromatic heterocycles. The summed E-state index contributed by atoms with van der Waals surface area (Å²) in [6.07, 6.45) is 3.04. The smallest absolute Gasteiger partial charge is 0.250 e. The molecule has 1 aliphatic heterocycles. The van der Waals surface area contributed by atoms with Gasteiger partial charge in [-0.15, -0.1) is 0 Å². The van der Waals surface area contributed by atoms with Gasteiger partial charge in [-0.2, -0.15) is 0 Å². The average Bonchev–Trinajstić information content (AvgIpc) is 2.96. The van der Waals surface area contributed by atoms with Gasteiger partial charge in [0, 0.05) is 36.6 Å². The lowest BCUT2D eigenvalue weighted by Crippen LogP contribution is -2.26. The number of hydrogen-bond donors (Lipinski definition) is 1. The van der Waals surface area contributed by atoms with Crippen LogP contribution < -0.4 is 15.8 Å². The summed E-state index contributed by atoms with van der Waals surface area (Å²) >= 11 is 0. The largest absolute Gasteiger partial charge is 0.325 e. The number of nitrogens with zero attached hydrogens (tertiary/aromatic N) is 2. The van der Waals surface area contributed by atoms with Crippen molar-refractivity contribution in [2.75, 3.05) is 16.8 Å². The molecule has 0 bridgehead atoms.